The summed E-state index contributed by atoms with van der Waals surface area (Å²) in [7, 11) is 0. The van der Waals surface area contributed by atoms with Gasteiger partial charge in [0.05, 0.1) is 0 Å². The number of aliphatic carboxylic acids is 1. The third-order valence-electron chi connectivity index (χ3n) is 3.40. The van der Waals surface area contributed by atoms with Crippen LogP contribution in [0.5, 0.6) is 0 Å². The molecule has 3 amide bonds. The van der Waals surface area contributed by atoms with Crippen LogP contribution in [0.25, 0.3) is 0 Å². The van der Waals surface area contributed by atoms with Crippen LogP contribution < -0.4 is 11.1 Å². The largest absolute Gasteiger partial charge is 0.480 e. The third-order valence-corrected chi connectivity index (χ3v) is 4.77. The van der Waals surface area contributed by atoms with E-state index in [1.165, 1.54) is 0 Å². The highest BCUT2D eigenvalue weighted by molar-refractivity contribution is 8.00. The number of carboxylic acids is 1. The predicted molar refractivity (Wildman–Crippen MR) is 81.1 cm³/mol. The van der Waals surface area contributed by atoms with Gasteiger partial charge in [0.15, 0.2) is 0 Å². The van der Waals surface area contributed by atoms with Crippen molar-refractivity contribution in [1.82, 2.24) is 10.2 Å². The van der Waals surface area contributed by atoms with Gasteiger partial charge in [0.1, 0.15) is 6.04 Å². The van der Waals surface area contributed by atoms with Crippen LogP contribution in [0.4, 0.5) is 4.79 Å². The summed E-state index contributed by atoms with van der Waals surface area (Å²) in [5.41, 5.74) is 5.01. The molecule has 0 aliphatic carbocycles. The lowest BCUT2D eigenvalue weighted by Gasteiger charge is -2.24. The molecule has 0 aromatic heterocycles. The molecule has 0 bridgehead atoms. The van der Waals surface area contributed by atoms with Crippen molar-refractivity contribution in [3.8, 4) is 0 Å². The van der Waals surface area contributed by atoms with Crippen molar-refractivity contribution >= 4 is 29.7 Å². The van der Waals surface area contributed by atoms with E-state index in [4.69, 9.17) is 10.8 Å². The van der Waals surface area contributed by atoms with Gasteiger partial charge >= 0.3 is 12.0 Å². The molecule has 7 nitrogen and oxygen atoms in total. The smallest absolute Gasteiger partial charge is 0.326 e. The van der Waals surface area contributed by atoms with Crippen LogP contribution in [0, 0.1) is 0 Å². The van der Waals surface area contributed by atoms with E-state index in [0.717, 1.165) is 12.2 Å². The van der Waals surface area contributed by atoms with Crippen molar-refractivity contribution < 1.29 is 19.5 Å². The molecule has 1 unspecified atom stereocenters. The fraction of sp³-hybridized carbons (Fsp3) is 0.769. The van der Waals surface area contributed by atoms with Gasteiger partial charge in [-0.3, -0.25) is 4.79 Å². The number of nitrogens with zero attached hydrogens (tertiary/aromatic N) is 1. The Morgan fingerprint density at radius 1 is 1.38 bits per heavy atom. The summed E-state index contributed by atoms with van der Waals surface area (Å²) < 4.78 is 0.118. The maximum atomic E-state index is 12.1. The molecular formula is C13H23N3O4S. The van der Waals surface area contributed by atoms with E-state index in [0.29, 0.717) is 13.1 Å². The Morgan fingerprint density at radius 2 is 2.05 bits per heavy atom. The van der Waals surface area contributed by atoms with E-state index in [2.05, 4.69) is 19.2 Å². The average Bonchev–Trinajstić information content (AvgIpc) is 2.54. The summed E-state index contributed by atoms with van der Waals surface area (Å²) >= 11 is 1.80. The Bertz CT molecular complexity index is 414. The van der Waals surface area contributed by atoms with Gasteiger partial charge in [-0.2, -0.15) is 11.8 Å². The first-order valence-electron chi connectivity index (χ1n) is 6.92. The number of amides is 3. The zero-order valence-corrected chi connectivity index (χ0v) is 13.2. The molecule has 1 aliphatic rings. The molecule has 0 aromatic carbocycles. The SMILES string of the molecule is CC1(C)CCN(C(=O)NC(CCC(N)=O)C(=O)O)CCS1. The lowest BCUT2D eigenvalue weighted by molar-refractivity contribution is -0.139. The lowest BCUT2D eigenvalue weighted by atomic mass is 10.1. The highest BCUT2D eigenvalue weighted by atomic mass is 32.2. The highest BCUT2D eigenvalue weighted by Crippen LogP contribution is 2.30. The van der Waals surface area contributed by atoms with E-state index in [9.17, 15) is 14.4 Å². The van der Waals surface area contributed by atoms with Crippen molar-refractivity contribution in [3.05, 3.63) is 0 Å². The number of carboxylic acid groups (broad SMARTS) is 1. The number of hydrogen-bond donors (Lipinski definition) is 3. The molecule has 0 radical (unpaired) electrons. The summed E-state index contributed by atoms with van der Waals surface area (Å²) in [5, 5.41) is 11.5. The van der Waals surface area contributed by atoms with Crippen LogP contribution in [0.2, 0.25) is 0 Å². The molecule has 1 aliphatic heterocycles. The van der Waals surface area contributed by atoms with Crippen molar-refractivity contribution in [1.29, 1.82) is 0 Å². The van der Waals surface area contributed by atoms with Crippen LogP contribution in [-0.4, -0.2) is 57.5 Å². The minimum atomic E-state index is -1.16. The predicted octanol–water partition coefficient (Wildman–Crippen LogP) is 0.632. The van der Waals surface area contributed by atoms with Crippen molar-refractivity contribution in [2.75, 3.05) is 18.8 Å². The highest BCUT2D eigenvalue weighted by Gasteiger charge is 2.28. The average molecular weight is 317 g/mol. The zero-order valence-electron chi connectivity index (χ0n) is 12.4. The molecule has 8 heteroatoms. The molecule has 1 heterocycles. The second kappa shape index (κ2) is 7.53. The van der Waals surface area contributed by atoms with E-state index in [1.807, 2.05) is 0 Å². The molecule has 1 saturated heterocycles. The molecule has 1 fully saturated rings. The Labute approximate surface area is 128 Å². The van der Waals surface area contributed by atoms with E-state index in [1.54, 1.807) is 16.7 Å². The molecule has 0 aromatic rings. The first-order valence-corrected chi connectivity index (χ1v) is 7.90. The summed E-state index contributed by atoms with van der Waals surface area (Å²) in [6.45, 7) is 5.44. The van der Waals surface area contributed by atoms with Crippen LogP contribution in [0.1, 0.15) is 33.1 Å². The number of nitrogens with one attached hydrogen (secondary N) is 1. The summed E-state index contributed by atoms with van der Waals surface area (Å²) in [6.07, 6.45) is 0.786. The summed E-state index contributed by atoms with van der Waals surface area (Å²) in [6, 6.07) is -1.49. The van der Waals surface area contributed by atoms with E-state index < -0.39 is 23.9 Å². The number of carbonyl (C=O) groups excluding carboxylic acids is 2. The van der Waals surface area contributed by atoms with Gasteiger partial charge in [-0.1, -0.05) is 13.8 Å². The van der Waals surface area contributed by atoms with Gasteiger partial charge in [-0.05, 0) is 12.8 Å². The first-order chi connectivity index (χ1) is 9.71. The molecular weight excluding hydrogens is 294 g/mol. The zero-order chi connectivity index (χ0) is 16.0. The van der Waals surface area contributed by atoms with Gasteiger partial charge in [0.25, 0.3) is 0 Å². The van der Waals surface area contributed by atoms with Gasteiger partial charge in [0, 0.05) is 30.0 Å². The quantitative estimate of drug-likeness (QED) is 0.688. The van der Waals surface area contributed by atoms with E-state index in [-0.39, 0.29) is 17.6 Å². The number of nitrogens with two attached hydrogens (primary N) is 1. The number of hydrogen-bond acceptors (Lipinski definition) is 4. The maximum absolute atomic E-state index is 12.1. The molecule has 120 valence electrons. The Hall–Kier alpha value is -1.44. The minimum absolute atomic E-state index is 0.00445. The monoisotopic (exact) mass is 317 g/mol. The van der Waals surface area contributed by atoms with Gasteiger partial charge in [0.2, 0.25) is 5.91 Å². The lowest BCUT2D eigenvalue weighted by Crippen LogP contribution is -2.49. The number of urea groups is 1. The standard InChI is InChI=1S/C13H23N3O4S/c1-13(2)5-6-16(7-8-21-13)12(20)15-9(11(18)19)3-4-10(14)17/h9H,3-8H2,1-2H3,(H2,14,17)(H,15,20)(H,18,19). The molecule has 1 rings (SSSR count). The van der Waals surface area contributed by atoms with Crippen LogP contribution in [0.3, 0.4) is 0 Å². The topological polar surface area (TPSA) is 113 Å². The van der Waals surface area contributed by atoms with Crippen LogP contribution in [0.15, 0.2) is 0 Å². The summed E-state index contributed by atoms with van der Waals surface area (Å²) in [5.74, 6) is -0.919. The van der Waals surface area contributed by atoms with Gasteiger partial charge < -0.3 is 21.1 Å². The van der Waals surface area contributed by atoms with Crippen molar-refractivity contribution in [3.63, 3.8) is 0 Å². The second-order valence-corrected chi connectivity index (χ2v) is 7.49. The molecule has 4 N–H and O–H groups in total. The van der Waals surface area contributed by atoms with Crippen molar-refractivity contribution in [2.45, 2.75) is 43.9 Å². The maximum Gasteiger partial charge on any atom is 0.326 e. The minimum Gasteiger partial charge on any atom is -0.480 e. The van der Waals surface area contributed by atoms with Gasteiger partial charge in [-0.15, -0.1) is 0 Å². The fourth-order valence-corrected chi connectivity index (χ4v) is 3.11. The van der Waals surface area contributed by atoms with Crippen LogP contribution in [-0.2, 0) is 9.59 Å². The molecule has 0 spiro atoms. The van der Waals surface area contributed by atoms with Crippen LogP contribution >= 0.6 is 11.8 Å². The Morgan fingerprint density at radius 3 is 2.62 bits per heavy atom. The van der Waals surface area contributed by atoms with E-state index >= 15 is 0 Å². The number of thioether (sulfide) groups is 1. The Kier molecular flexibility index (Phi) is 6.32. The summed E-state index contributed by atoms with van der Waals surface area (Å²) in [4.78, 5) is 35.6. The normalized spacial score (nSPS) is 19.4. The second-order valence-electron chi connectivity index (χ2n) is 5.69. The number of carbonyl (C=O) groups is 3. The van der Waals surface area contributed by atoms with Gasteiger partial charge in [-0.25, -0.2) is 9.59 Å². The molecule has 21 heavy (non-hydrogen) atoms. The molecule has 0 saturated carbocycles. The van der Waals surface area contributed by atoms with Crippen molar-refractivity contribution in [2.24, 2.45) is 5.73 Å². The number of rotatable bonds is 5. The third kappa shape index (κ3) is 6.24. The first kappa shape index (κ1) is 17.6. The molecule has 1 atom stereocenters. The number of primary amides is 1. The Balaban J connectivity index is 2.56. The fourth-order valence-electron chi connectivity index (χ4n) is 2.01.